The molecule has 0 spiro atoms. The van der Waals surface area contributed by atoms with Crippen LogP contribution in [0.4, 0.5) is 0 Å². The number of nitrogens with zero attached hydrogens (tertiary/aromatic N) is 2. The molecule has 1 aliphatic carbocycles. The van der Waals surface area contributed by atoms with E-state index in [-0.39, 0.29) is 0 Å². The second kappa shape index (κ2) is 6.79. The van der Waals surface area contributed by atoms with Crippen LogP contribution in [0, 0.1) is 6.92 Å². The molecule has 0 atom stereocenters. The summed E-state index contributed by atoms with van der Waals surface area (Å²) in [6.45, 7) is 4.93. The van der Waals surface area contributed by atoms with Gasteiger partial charge in [-0.2, -0.15) is 4.31 Å². The Kier molecular flexibility index (Phi) is 4.94. The van der Waals surface area contributed by atoms with E-state index < -0.39 is 10.0 Å². The minimum absolute atomic E-state index is 0.368. The zero-order chi connectivity index (χ0) is 16.4. The summed E-state index contributed by atoms with van der Waals surface area (Å²) >= 11 is 0. The predicted molar refractivity (Wildman–Crippen MR) is 90.3 cm³/mol. The fraction of sp³-hybridized carbons (Fsp3) is 0.647. The van der Waals surface area contributed by atoms with Gasteiger partial charge in [0.05, 0.1) is 12.0 Å². The van der Waals surface area contributed by atoms with Crippen molar-refractivity contribution in [3.05, 3.63) is 23.8 Å². The Labute approximate surface area is 139 Å². The lowest BCUT2D eigenvalue weighted by Gasteiger charge is -2.36. The van der Waals surface area contributed by atoms with Crippen LogP contribution in [0.15, 0.2) is 23.1 Å². The van der Waals surface area contributed by atoms with Crippen LogP contribution in [0.25, 0.3) is 0 Å². The van der Waals surface area contributed by atoms with Crippen molar-refractivity contribution in [1.82, 2.24) is 9.21 Å². The molecule has 23 heavy (non-hydrogen) atoms. The maximum atomic E-state index is 12.9. The molecule has 2 fully saturated rings. The van der Waals surface area contributed by atoms with Crippen molar-refractivity contribution in [3.63, 3.8) is 0 Å². The number of hydrogen-bond acceptors (Lipinski definition) is 4. The topological polar surface area (TPSA) is 49.9 Å². The van der Waals surface area contributed by atoms with Gasteiger partial charge < -0.3 is 4.74 Å². The van der Waals surface area contributed by atoms with E-state index in [9.17, 15) is 8.42 Å². The summed E-state index contributed by atoms with van der Waals surface area (Å²) in [5.74, 6) is 0.718. The Morgan fingerprint density at radius 2 is 1.87 bits per heavy atom. The van der Waals surface area contributed by atoms with Gasteiger partial charge in [0.15, 0.2) is 0 Å². The Hall–Kier alpha value is -1.11. The second-order valence-corrected chi connectivity index (χ2v) is 8.45. The van der Waals surface area contributed by atoms with Crippen LogP contribution in [0.1, 0.15) is 31.2 Å². The van der Waals surface area contributed by atoms with E-state index in [0.29, 0.717) is 24.0 Å². The standard InChI is InChI=1S/C17H26N2O3S/c1-14-13-16(7-8-17(14)22-2)23(20,21)19-10-4-9-18(11-12-19)15-5-3-6-15/h7-8,13,15H,3-6,9-12H2,1-2H3. The summed E-state index contributed by atoms with van der Waals surface area (Å²) < 4.78 is 32.7. The van der Waals surface area contributed by atoms with Crippen LogP contribution < -0.4 is 4.74 Å². The Morgan fingerprint density at radius 1 is 1.09 bits per heavy atom. The highest BCUT2D eigenvalue weighted by molar-refractivity contribution is 7.89. The highest BCUT2D eigenvalue weighted by Crippen LogP contribution is 2.27. The van der Waals surface area contributed by atoms with Gasteiger partial charge in [0.1, 0.15) is 5.75 Å². The fourth-order valence-corrected chi connectivity index (χ4v) is 4.99. The summed E-state index contributed by atoms with van der Waals surface area (Å²) in [5, 5.41) is 0. The lowest BCUT2D eigenvalue weighted by atomic mass is 9.91. The molecule has 2 aliphatic rings. The van der Waals surface area contributed by atoms with E-state index in [2.05, 4.69) is 4.90 Å². The maximum Gasteiger partial charge on any atom is 0.243 e. The van der Waals surface area contributed by atoms with Gasteiger partial charge >= 0.3 is 0 Å². The van der Waals surface area contributed by atoms with Gasteiger partial charge in [-0.25, -0.2) is 8.42 Å². The molecule has 0 bridgehead atoms. The van der Waals surface area contributed by atoms with Gasteiger partial charge in [-0.1, -0.05) is 6.42 Å². The summed E-state index contributed by atoms with van der Waals surface area (Å²) in [6.07, 6.45) is 4.76. The molecule has 1 saturated heterocycles. The summed E-state index contributed by atoms with van der Waals surface area (Å²) in [5.41, 5.74) is 0.847. The van der Waals surface area contributed by atoms with Gasteiger partial charge in [0.2, 0.25) is 10.0 Å². The van der Waals surface area contributed by atoms with E-state index in [0.717, 1.165) is 30.8 Å². The van der Waals surface area contributed by atoms with Crippen molar-refractivity contribution < 1.29 is 13.2 Å². The van der Waals surface area contributed by atoms with Crippen molar-refractivity contribution in [2.24, 2.45) is 0 Å². The van der Waals surface area contributed by atoms with Gasteiger partial charge in [0, 0.05) is 25.7 Å². The van der Waals surface area contributed by atoms with Gasteiger partial charge in [-0.3, -0.25) is 4.90 Å². The van der Waals surface area contributed by atoms with E-state index in [1.165, 1.54) is 19.3 Å². The average Bonchev–Trinajstić information content (AvgIpc) is 2.72. The molecule has 128 valence electrons. The zero-order valence-electron chi connectivity index (χ0n) is 14.0. The first-order chi connectivity index (χ1) is 11.0. The Bertz CT molecular complexity index is 656. The molecular formula is C17H26N2O3S. The Balaban J connectivity index is 1.75. The molecular weight excluding hydrogens is 312 g/mol. The largest absolute Gasteiger partial charge is 0.496 e. The maximum absolute atomic E-state index is 12.9. The average molecular weight is 338 g/mol. The smallest absolute Gasteiger partial charge is 0.243 e. The van der Waals surface area contributed by atoms with E-state index in [4.69, 9.17) is 4.74 Å². The summed E-state index contributed by atoms with van der Waals surface area (Å²) in [4.78, 5) is 2.84. The third kappa shape index (κ3) is 3.39. The quantitative estimate of drug-likeness (QED) is 0.845. The first-order valence-electron chi connectivity index (χ1n) is 8.41. The number of aryl methyl sites for hydroxylation is 1. The first kappa shape index (κ1) is 16.7. The molecule has 1 aromatic carbocycles. The minimum atomic E-state index is -3.42. The molecule has 3 rings (SSSR count). The van der Waals surface area contributed by atoms with Gasteiger partial charge in [0.25, 0.3) is 0 Å². The van der Waals surface area contributed by atoms with E-state index in [1.54, 1.807) is 29.6 Å². The lowest BCUT2D eigenvalue weighted by molar-refractivity contribution is 0.134. The van der Waals surface area contributed by atoms with Crippen molar-refractivity contribution in [3.8, 4) is 5.75 Å². The molecule has 1 aliphatic heterocycles. The summed E-state index contributed by atoms with van der Waals surface area (Å²) in [7, 11) is -1.82. The third-order valence-corrected chi connectivity index (χ3v) is 6.98. The molecule has 1 saturated carbocycles. The molecule has 5 nitrogen and oxygen atoms in total. The molecule has 1 aromatic rings. The minimum Gasteiger partial charge on any atom is -0.496 e. The van der Waals surface area contributed by atoms with Crippen LogP contribution >= 0.6 is 0 Å². The van der Waals surface area contributed by atoms with Crippen LogP contribution in [0.2, 0.25) is 0 Å². The third-order valence-electron chi connectivity index (χ3n) is 5.08. The molecule has 0 radical (unpaired) electrons. The van der Waals surface area contributed by atoms with Crippen LogP contribution in [-0.2, 0) is 10.0 Å². The van der Waals surface area contributed by atoms with Crippen LogP contribution in [-0.4, -0.2) is 57.0 Å². The SMILES string of the molecule is COc1ccc(S(=O)(=O)N2CCCN(C3CCC3)CC2)cc1C. The van der Waals surface area contributed by atoms with Crippen LogP contribution in [0.5, 0.6) is 5.75 Å². The van der Waals surface area contributed by atoms with E-state index >= 15 is 0 Å². The van der Waals surface area contributed by atoms with Crippen molar-refractivity contribution in [1.29, 1.82) is 0 Å². The molecule has 0 amide bonds. The molecule has 0 unspecified atom stereocenters. The number of rotatable bonds is 4. The lowest BCUT2D eigenvalue weighted by Crippen LogP contribution is -2.42. The highest BCUT2D eigenvalue weighted by atomic mass is 32.2. The van der Waals surface area contributed by atoms with Gasteiger partial charge in [-0.15, -0.1) is 0 Å². The van der Waals surface area contributed by atoms with Crippen LogP contribution in [0.3, 0.4) is 0 Å². The number of sulfonamides is 1. The second-order valence-electron chi connectivity index (χ2n) is 6.51. The highest BCUT2D eigenvalue weighted by Gasteiger charge is 2.31. The summed E-state index contributed by atoms with van der Waals surface area (Å²) in [6, 6.07) is 5.78. The molecule has 0 aromatic heterocycles. The monoisotopic (exact) mass is 338 g/mol. The Morgan fingerprint density at radius 3 is 2.48 bits per heavy atom. The zero-order valence-corrected chi connectivity index (χ0v) is 14.8. The van der Waals surface area contributed by atoms with Gasteiger partial charge in [-0.05, 0) is 56.5 Å². The fourth-order valence-electron chi connectivity index (χ4n) is 3.43. The molecule has 1 heterocycles. The molecule has 0 N–H and O–H groups in total. The number of benzene rings is 1. The number of ether oxygens (including phenoxy) is 1. The number of methoxy groups -OCH3 is 1. The van der Waals surface area contributed by atoms with Crippen molar-refractivity contribution in [2.75, 3.05) is 33.3 Å². The first-order valence-corrected chi connectivity index (χ1v) is 9.85. The van der Waals surface area contributed by atoms with Crippen molar-refractivity contribution >= 4 is 10.0 Å². The predicted octanol–water partition coefficient (Wildman–Crippen LogP) is 2.25. The van der Waals surface area contributed by atoms with E-state index in [1.807, 2.05) is 6.92 Å². The normalized spacial score (nSPS) is 21.7. The van der Waals surface area contributed by atoms with Crippen molar-refractivity contribution in [2.45, 2.75) is 43.5 Å². The molecule has 6 heteroatoms. The number of hydrogen-bond donors (Lipinski definition) is 0.